The van der Waals surface area contributed by atoms with Gasteiger partial charge in [0.2, 0.25) is 0 Å². The topological polar surface area (TPSA) is 52.9 Å². The lowest BCUT2D eigenvalue weighted by molar-refractivity contribution is 0.102. The van der Waals surface area contributed by atoms with Crippen molar-refractivity contribution in [2.75, 3.05) is 5.32 Å². The first-order valence-corrected chi connectivity index (χ1v) is 8.40. The maximum Gasteiger partial charge on any atom is 0.257 e. The Balaban J connectivity index is 1.92. The number of nitriles is 1. The Kier molecular flexibility index (Phi) is 4.19. The Morgan fingerprint density at radius 2 is 2.23 bits per heavy atom. The Morgan fingerprint density at radius 3 is 2.95 bits per heavy atom. The third-order valence-corrected chi connectivity index (χ3v) is 5.47. The highest BCUT2D eigenvalue weighted by Gasteiger charge is 2.25. The standard InChI is InChI=1S/C17H15ClN2OS/c1-10-6-7-11-13(9-19)17(22-15(11)8-10)20-16(21)12-4-2-3-5-14(12)18/h2-5,10H,6-8H2,1H3,(H,20,21)/t10-/m0/s1. The van der Waals surface area contributed by atoms with E-state index in [1.807, 2.05) is 0 Å². The number of amides is 1. The predicted octanol–water partition coefficient (Wildman–Crippen LogP) is 4.65. The van der Waals surface area contributed by atoms with Gasteiger partial charge in [-0.05, 0) is 42.9 Å². The average molecular weight is 331 g/mol. The minimum atomic E-state index is -0.270. The van der Waals surface area contributed by atoms with E-state index in [9.17, 15) is 10.1 Å². The van der Waals surface area contributed by atoms with E-state index in [0.29, 0.717) is 27.1 Å². The third-order valence-electron chi connectivity index (χ3n) is 3.97. The zero-order valence-electron chi connectivity index (χ0n) is 12.1. The van der Waals surface area contributed by atoms with Gasteiger partial charge in [-0.15, -0.1) is 11.3 Å². The molecule has 1 atom stereocenters. The van der Waals surface area contributed by atoms with Crippen LogP contribution in [0.4, 0.5) is 5.00 Å². The number of carbonyl (C=O) groups is 1. The van der Waals surface area contributed by atoms with Gasteiger partial charge in [0.15, 0.2) is 0 Å². The number of nitrogens with zero attached hydrogens (tertiary/aromatic N) is 1. The van der Waals surface area contributed by atoms with E-state index >= 15 is 0 Å². The highest BCUT2D eigenvalue weighted by molar-refractivity contribution is 7.16. The van der Waals surface area contributed by atoms with Gasteiger partial charge in [-0.2, -0.15) is 5.26 Å². The molecular weight excluding hydrogens is 316 g/mol. The van der Waals surface area contributed by atoms with Gasteiger partial charge in [0.25, 0.3) is 5.91 Å². The average Bonchev–Trinajstić information content (AvgIpc) is 2.83. The highest BCUT2D eigenvalue weighted by Crippen LogP contribution is 2.39. The largest absolute Gasteiger partial charge is 0.312 e. The van der Waals surface area contributed by atoms with Crippen molar-refractivity contribution in [3.63, 3.8) is 0 Å². The van der Waals surface area contributed by atoms with Crippen molar-refractivity contribution in [1.82, 2.24) is 0 Å². The molecule has 0 fully saturated rings. The van der Waals surface area contributed by atoms with Crippen molar-refractivity contribution in [3.05, 3.63) is 50.9 Å². The van der Waals surface area contributed by atoms with Gasteiger partial charge in [0.1, 0.15) is 11.1 Å². The van der Waals surface area contributed by atoms with Crippen LogP contribution < -0.4 is 5.32 Å². The van der Waals surface area contributed by atoms with E-state index in [0.717, 1.165) is 24.8 Å². The summed E-state index contributed by atoms with van der Waals surface area (Å²) in [5.74, 6) is 0.360. The third kappa shape index (κ3) is 2.75. The quantitative estimate of drug-likeness (QED) is 0.871. The second kappa shape index (κ2) is 6.12. The first kappa shape index (κ1) is 15.1. The molecule has 1 aliphatic rings. The molecule has 0 saturated carbocycles. The predicted molar refractivity (Wildman–Crippen MR) is 89.6 cm³/mol. The molecule has 0 spiro atoms. The van der Waals surface area contributed by atoms with Crippen LogP contribution in [0.2, 0.25) is 5.02 Å². The molecule has 0 radical (unpaired) electrons. The smallest absolute Gasteiger partial charge is 0.257 e. The van der Waals surface area contributed by atoms with Crippen molar-refractivity contribution in [2.45, 2.75) is 26.2 Å². The first-order chi connectivity index (χ1) is 10.6. The molecule has 1 amide bonds. The first-order valence-electron chi connectivity index (χ1n) is 7.20. The van der Waals surface area contributed by atoms with E-state index in [-0.39, 0.29) is 5.91 Å². The number of carbonyl (C=O) groups excluding carboxylic acids is 1. The fraction of sp³-hybridized carbons (Fsp3) is 0.294. The molecule has 3 nitrogen and oxygen atoms in total. The molecule has 1 N–H and O–H groups in total. The molecule has 0 saturated heterocycles. The molecule has 3 rings (SSSR count). The highest BCUT2D eigenvalue weighted by atomic mass is 35.5. The van der Waals surface area contributed by atoms with Crippen LogP contribution in [0.25, 0.3) is 0 Å². The minimum Gasteiger partial charge on any atom is -0.312 e. The van der Waals surface area contributed by atoms with E-state index in [2.05, 4.69) is 18.3 Å². The number of nitrogens with one attached hydrogen (secondary N) is 1. The number of rotatable bonds is 2. The van der Waals surface area contributed by atoms with Gasteiger partial charge >= 0.3 is 0 Å². The van der Waals surface area contributed by atoms with Crippen LogP contribution in [-0.2, 0) is 12.8 Å². The van der Waals surface area contributed by atoms with Gasteiger partial charge in [-0.25, -0.2) is 0 Å². The van der Waals surface area contributed by atoms with Crippen molar-refractivity contribution in [2.24, 2.45) is 5.92 Å². The van der Waals surface area contributed by atoms with E-state index in [1.54, 1.807) is 24.3 Å². The summed E-state index contributed by atoms with van der Waals surface area (Å²) < 4.78 is 0. The SMILES string of the molecule is C[C@H]1CCc2c(sc(NC(=O)c3ccccc3Cl)c2C#N)C1. The normalized spacial score (nSPS) is 16.7. The Bertz CT molecular complexity index is 775. The number of hydrogen-bond donors (Lipinski definition) is 1. The molecule has 0 bridgehead atoms. The molecule has 1 aromatic carbocycles. The zero-order valence-corrected chi connectivity index (χ0v) is 13.7. The van der Waals surface area contributed by atoms with Crippen LogP contribution in [-0.4, -0.2) is 5.91 Å². The van der Waals surface area contributed by atoms with Crippen LogP contribution in [0.3, 0.4) is 0 Å². The molecular formula is C17H15ClN2OS. The summed E-state index contributed by atoms with van der Waals surface area (Å²) in [5.41, 5.74) is 2.15. The van der Waals surface area contributed by atoms with Gasteiger partial charge < -0.3 is 5.32 Å². The van der Waals surface area contributed by atoms with Crippen LogP contribution >= 0.6 is 22.9 Å². The number of anilines is 1. The van der Waals surface area contributed by atoms with E-state index in [1.165, 1.54) is 16.2 Å². The fourth-order valence-electron chi connectivity index (χ4n) is 2.77. The Labute approximate surface area is 138 Å². The molecule has 0 unspecified atom stereocenters. The Morgan fingerprint density at radius 1 is 1.45 bits per heavy atom. The second-order valence-electron chi connectivity index (χ2n) is 5.60. The van der Waals surface area contributed by atoms with E-state index < -0.39 is 0 Å². The molecule has 0 aliphatic heterocycles. The lowest BCUT2D eigenvalue weighted by atomic mass is 9.88. The molecule has 1 aliphatic carbocycles. The lowest BCUT2D eigenvalue weighted by Gasteiger charge is -2.17. The van der Waals surface area contributed by atoms with Crippen LogP contribution in [0.5, 0.6) is 0 Å². The van der Waals surface area contributed by atoms with Gasteiger partial charge in [0, 0.05) is 4.88 Å². The summed E-state index contributed by atoms with van der Waals surface area (Å²) in [5, 5.41) is 13.4. The summed E-state index contributed by atoms with van der Waals surface area (Å²) in [7, 11) is 0. The van der Waals surface area contributed by atoms with Crippen molar-refractivity contribution in [3.8, 4) is 6.07 Å². The van der Waals surface area contributed by atoms with Crippen LogP contribution in [0, 0.1) is 17.2 Å². The maximum atomic E-state index is 12.4. The number of halogens is 1. The summed E-state index contributed by atoms with van der Waals surface area (Å²) in [6.45, 7) is 2.22. The van der Waals surface area contributed by atoms with Crippen LogP contribution in [0.1, 0.15) is 39.7 Å². The molecule has 22 heavy (non-hydrogen) atoms. The fourth-order valence-corrected chi connectivity index (χ4v) is 4.35. The number of hydrogen-bond acceptors (Lipinski definition) is 3. The van der Waals surface area contributed by atoms with Gasteiger partial charge in [0.05, 0.1) is 16.1 Å². The zero-order chi connectivity index (χ0) is 15.7. The minimum absolute atomic E-state index is 0.270. The molecule has 1 heterocycles. The van der Waals surface area contributed by atoms with Crippen molar-refractivity contribution < 1.29 is 4.79 Å². The molecule has 112 valence electrons. The number of thiophene rings is 1. The molecule has 5 heteroatoms. The van der Waals surface area contributed by atoms with Crippen molar-refractivity contribution in [1.29, 1.82) is 5.26 Å². The molecule has 1 aromatic heterocycles. The molecule has 2 aromatic rings. The monoisotopic (exact) mass is 330 g/mol. The van der Waals surface area contributed by atoms with E-state index in [4.69, 9.17) is 11.6 Å². The Hall–Kier alpha value is -1.83. The number of benzene rings is 1. The second-order valence-corrected chi connectivity index (χ2v) is 7.11. The number of fused-ring (bicyclic) bond motifs is 1. The maximum absolute atomic E-state index is 12.4. The van der Waals surface area contributed by atoms with Gasteiger partial charge in [-0.3, -0.25) is 4.79 Å². The lowest BCUT2D eigenvalue weighted by Crippen LogP contribution is -2.12. The summed E-state index contributed by atoms with van der Waals surface area (Å²) in [6, 6.07) is 9.17. The summed E-state index contributed by atoms with van der Waals surface area (Å²) in [4.78, 5) is 13.6. The van der Waals surface area contributed by atoms with Gasteiger partial charge in [-0.1, -0.05) is 30.7 Å². The van der Waals surface area contributed by atoms with Crippen molar-refractivity contribution >= 4 is 33.8 Å². The summed E-state index contributed by atoms with van der Waals surface area (Å²) >= 11 is 7.58. The van der Waals surface area contributed by atoms with Crippen LogP contribution in [0.15, 0.2) is 24.3 Å². The summed E-state index contributed by atoms with van der Waals surface area (Å²) in [6.07, 6.45) is 2.99.